The second-order valence-corrected chi connectivity index (χ2v) is 5.65. The zero-order valence-corrected chi connectivity index (χ0v) is 12.6. The highest BCUT2D eigenvalue weighted by Crippen LogP contribution is 2.25. The van der Waals surface area contributed by atoms with Gasteiger partial charge < -0.3 is 14.9 Å². The van der Waals surface area contributed by atoms with Crippen molar-refractivity contribution in [2.75, 3.05) is 12.9 Å². The molecule has 1 rings (SSSR count). The normalized spacial score (nSPS) is 13.7. The van der Waals surface area contributed by atoms with Gasteiger partial charge in [0.2, 0.25) is 0 Å². The van der Waals surface area contributed by atoms with Gasteiger partial charge in [0.25, 0.3) is 0 Å². The van der Waals surface area contributed by atoms with Crippen LogP contribution in [0.3, 0.4) is 0 Å². The van der Waals surface area contributed by atoms with Crippen molar-refractivity contribution in [2.45, 2.75) is 19.1 Å². The molecule has 0 bridgehead atoms. The van der Waals surface area contributed by atoms with Gasteiger partial charge >= 0.3 is 5.97 Å². The molecular formula is C13H15ClO5S. The van der Waals surface area contributed by atoms with Crippen molar-refractivity contribution in [3.8, 4) is 0 Å². The van der Waals surface area contributed by atoms with Crippen LogP contribution in [0.2, 0.25) is 5.02 Å². The van der Waals surface area contributed by atoms with Gasteiger partial charge in [0, 0.05) is 12.7 Å². The zero-order valence-electron chi connectivity index (χ0n) is 11.0. The number of halogens is 1. The predicted octanol–water partition coefficient (Wildman–Crippen LogP) is 1.80. The Kier molecular flexibility index (Phi) is 6.48. The number of methoxy groups -OCH3 is 1. The van der Waals surface area contributed by atoms with Crippen LogP contribution >= 0.6 is 23.4 Å². The molecule has 0 aliphatic heterocycles. The molecule has 110 valence electrons. The molecular weight excluding hydrogens is 304 g/mol. The van der Waals surface area contributed by atoms with E-state index in [4.69, 9.17) is 11.6 Å². The van der Waals surface area contributed by atoms with E-state index in [-0.39, 0.29) is 21.5 Å². The number of aliphatic hydroxyl groups is 2. The average molecular weight is 319 g/mol. The first-order valence-corrected chi connectivity index (χ1v) is 7.10. The number of rotatable bonds is 5. The van der Waals surface area contributed by atoms with Crippen molar-refractivity contribution in [1.29, 1.82) is 0 Å². The Bertz CT molecular complexity index is 506. The van der Waals surface area contributed by atoms with E-state index >= 15 is 0 Å². The summed E-state index contributed by atoms with van der Waals surface area (Å²) in [6.07, 6.45) is -2.35. The summed E-state index contributed by atoms with van der Waals surface area (Å²) in [6, 6.07) is 4.30. The fourth-order valence-corrected chi connectivity index (χ4v) is 2.29. The lowest BCUT2D eigenvalue weighted by molar-refractivity contribution is -0.109. The molecule has 0 aliphatic rings. The number of thioether (sulfide) groups is 1. The molecule has 7 heteroatoms. The highest BCUT2D eigenvalue weighted by atomic mass is 35.5. The van der Waals surface area contributed by atoms with Gasteiger partial charge in [0.15, 0.2) is 5.12 Å². The number of benzene rings is 1. The molecule has 0 spiro atoms. The molecule has 0 saturated heterocycles. The Labute approximate surface area is 125 Å². The number of ether oxygens (including phenoxy) is 1. The highest BCUT2D eigenvalue weighted by molar-refractivity contribution is 8.13. The van der Waals surface area contributed by atoms with Gasteiger partial charge in [-0.1, -0.05) is 29.4 Å². The van der Waals surface area contributed by atoms with E-state index in [1.165, 1.54) is 32.2 Å². The number of aliphatic hydroxyl groups excluding tert-OH is 2. The summed E-state index contributed by atoms with van der Waals surface area (Å²) < 4.78 is 4.57. The van der Waals surface area contributed by atoms with Crippen LogP contribution in [0.4, 0.5) is 0 Å². The highest BCUT2D eigenvalue weighted by Gasteiger charge is 2.21. The van der Waals surface area contributed by atoms with E-state index in [0.717, 1.165) is 11.8 Å². The third-order valence-corrected chi connectivity index (χ3v) is 3.80. The summed E-state index contributed by atoms with van der Waals surface area (Å²) >= 11 is 6.78. The number of esters is 1. The van der Waals surface area contributed by atoms with Crippen LogP contribution in [0.25, 0.3) is 0 Å². The Balaban J connectivity index is 2.90. The summed E-state index contributed by atoms with van der Waals surface area (Å²) in [4.78, 5) is 22.3. The van der Waals surface area contributed by atoms with Crippen LogP contribution in [0.1, 0.15) is 28.9 Å². The number of carbonyl (C=O) groups is 2. The van der Waals surface area contributed by atoms with Crippen molar-refractivity contribution in [2.24, 2.45) is 0 Å². The minimum atomic E-state index is -1.22. The third-order valence-electron chi connectivity index (χ3n) is 2.56. The second kappa shape index (κ2) is 7.64. The van der Waals surface area contributed by atoms with Crippen LogP contribution in [0.5, 0.6) is 0 Å². The summed E-state index contributed by atoms with van der Waals surface area (Å²) in [5, 5.41) is 19.9. The Morgan fingerprint density at radius 2 is 2.05 bits per heavy atom. The molecule has 0 aliphatic carbocycles. The van der Waals surface area contributed by atoms with Gasteiger partial charge in [-0.2, -0.15) is 0 Å². The Morgan fingerprint density at radius 1 is 1.40 bits per heavy atom. The van der Waals surface area contributed by atoms with Crippen molar-refractivity contribution in [3.05, 3.63) is 34.3 Å². The number of hydrogen-bond donors (Lipinski definition) is 2. The monoisotopic (exact) mass is 318 g/mol. The minimum absolute atomic E-state index is 0.0622. The maximum absolute atomic E-state index is 11.5. The SMILES string of the molecule is COC(=O)c1cc(C(O)C(O)CSC(C)=O)ccc1Cl. The van der Waals surface area contributed by atoms with E-state index in [1.807, 2.05) is 0 Å². The fourth-order valence-electron chi connectivity index (χ4n) is 1.51. The average Bonchev–Trinajstić information content (AvgIpc) is 2.43. The first kappa shape index (κ1) is 17.0. The lowest BCUT2D eigenvalue weighted by Gasteiger charge is -2.18. The lowest BCUT2D eigenvalue weighted by Crippen LogP contribution is -2.21. The van der Waals surface area contributed by atoms with Crippen molar-refractivity contribution in [1.82, 2.24) is 0 Å². The van der Waals surface area contributed by atoms with Crippen LogP contribution in [0.15, 0.2) is 18.2 Å². The molecule has 0 heterocycles. The van der Waals surface area contributed by atoms with Crippen molar-refractivity contribution in [3.63, 3.8) is 0 Å². The number of hydrogen-bond acceptors (Lipinski definition) is 6. The molecule has 0 fully saturated rings. The second-order valence-electron chi connectivity index (χ2n) is 4.05. The van der Waals surface area contributed by atoms with Gasteiger partial charge in [-0.05, 0) is 17.7 Å². The minimum Gasteiger partial charge on any atom is -0.465 e. The van der Waals surface area contributed by atoms with Gasteiger partial charge in [-0.15, -0.1) is 0 Å². The van der Waals surface area contributed by atoms with E-state index in [0.29, 0.717) is 5.56 Å². The molecule has 2 N–H and O–H groups in total. The number of carbonyl (C=O) groups excluding carboxylic acids is 2. The standard InChI is InChI=1S/C13H15ClO5S/c1-7(15)20-6-11(16)12(17)8-3-4-10(14)9(5-8)13(18)19-2/h3-5,11-12,16-17H,6H2,1-2H3. The largest absolute Gasteiger partial charge is 0.465 e. The van der Waals surface area contributed by atoms with Crippen LogP contribution in [-0.2, 0) is 9.53 Å². The van der Waals surface area contributed by atoms with Crippen LogP contribution < -0.4 is 0 Å². The molecule has 20 heavy (non-hydrogen) atoms. The van der Waals surface area contributed by atoms with Gasteiger partial charge in [0.05, 0.1) is 23.8 Å². The maximum atomic E-state index is 11.5. The molecule has 1 aromatic rings. The molecule has 0 radical (unpaired) electrons. The Hall–Kier alpha value is -1.08. The third kappa shape index (κ3) is 4.49. The van der Waals surface area contributed by atoms with E-state index in [2.05, 4.69) is 4.74 Å². The van der Waals surface area contributed by atoms with E-state index in [1.54, 1.807) is 0 Å². The summed E-state index contributed by atoms with van der Waals surface area (Å²) in [7, 11) is 1.22. The van der Waals surface area contributed by atoms with Crippen LogP contribution in [0, 0.1) is 0 Å². The molecule has 2 unspecified atom stereocenters. The van der Waals surface area contributed by atoms with Gasteiger partial charge in [0.1, 0.15) is 6.10 Å². The summed E-state index contributed by atoms with van der Waals surface area (Å²) in [6.45, 7) is 1.38. The maximum Gasteiger partial charge on any atom is 0.339 e. The van der Waals surface area contributed by atoms with E-state index < -0.39 is 18.2 Å². The molecule has 2 atom stereocenters. The Morgan fingerprint density at radius 3 is 2.60 bits per heavy atom. The topological polar surface area (TPSA) is 83.8 Å². The first-order valence-electron chi connectivity index (χ1n) is 5.74. The van der Waals surface area contributed by atoms with E-state index in [9.17, 15) is 19.8 Å². The van der Waals surface area contributed by atoms with Crippen molar-refractivity contribution < 1.29 is 24.5 Å². The summed E-state index contributed by atoms with van der Waals surface area (Å²) in [5.74, 6) is -0.566. The lowest BCUT2D eigenvalue weighted by atomic mass is 10.0. The zero-order chi connectivity index (χ0) is 15.3. The molecule has 1 aromatic carbocycles. The molecule has 0 aromatic heterocycles. The smallest absolute Gasteiger partial charge is 0.339 e. The summed E-state index contributed by atoms with van der Waals surface area (Å²) in [5.41, 5.74) is 0.434. The fraction of sp³-hybridized carbons (Fsp3) is 0.385. The molecule has 5 nitrogen and oxygen atoms in total. The predicted molar refractivity (Wildman–Crippen MR) is 76.9 cm³/mol. The van der Waals surface area contributed by atoms with Crippen molar-refractivity contribution >= 4 is 34.4 Å². The van der Waals surface area contributed by atoms with Gasteiger partial charge in [-0.25, -0.2) is 4.79 Å². The molecule has 0 saturated carbocycles. The first-order chi connectivity index (χ1) is 9.36. The quantitative estimate of drug-likeness (QED) is 0.805. The van der Waals surface area contributed by atoms with Crippen LogP contribution in [-0.4, -0.2) is 40.3 Å². The molecule has 0 amide bonds. The van der Waals surface area contributed by atoms with Gasteiger partial charge in [-0.3, -0.25) is 4.79 Å².